The van der Waals surface area contributed by atoms with Crippen molar-refractivity contribution in [1.82, 2.24) is 39.5 Å². The van der Waals surface area contributed by atoms with E-state index in [-0.39, 0.29) is 12.1 Å². The molecule has 3 heterocycles. The van der Waals surface area contributed by atoms with Crippen LogP contribution in [0.15, 0.2) is 49.6 Å². The van der Waals surface area contributed by atoms with Crippen molar-refractivity contribution in [3.63, 3.8) is 0 Å². The normalized spacial score (nSPS) is 11.9. The van der Waals surface area contributed by atoms with Crippen molar-refractivity contribution in [2.45, 2.75) is 32.5 Å². The minimum Gasteiger partial charge on any atom is -0.337 e. The summed E-state index contributed by atoms with van der Waals surface area (Å²) < 4.78 is 3.67. The van der Waals surface area contributed by atoms with Crippen LogP contribution in [-0.4, -0.2) is 46.8 Å². The van der Waals surface area contributed by atoms with Crippen molar-refractivity contribution < 1.29 is 4.79 Å². The van der Waals surface area contributed by atoms with Crippen LogP contribution < -0.4 is 5.32 Å². The molecule has 9 heteroatoms. The molecule has 9 nitrogen and oxygen atoms in total. The third kappa shape index (κ3) is 5.13. The van der Waals surface area contributed by atoms with Gasteiger partial charge in [0.2, 0.25) is 0 Å². The third-order valence-corrected chi connectivity index (χ3v) is 4.29. The van der Waals surface area contributed by atoms with Crippen LogP contribution in [0.3, 0.4) is 0 Å². The molecule has 0 radical (unpaired) electrons. The van der Waals surface area contributed by atoms with Crippen LogP contribution in [0, 0.1) is 0 Å². The number of imidazole rings is 1. The molecule has 0 fully saturated rings. The molecule has 3 aromatic heterocycles. The van der Waals surface area contributed by atoms with E-state index in [1.807, 2.05) is 36.9 Å². The monoisotopic (exact) mass is 368 g/mol. The molecule has 0 aromatic carbocycles. The molecule has 0 aliphatic rings. The van der Waals surface area contributed by atoms with Gasteiger partial charge in [-0.2, -0.15) is 5.10 Å². The second kappa shape index (κ2) is 8.93. The maximum Gasteiger partial charge on any atom is 0.318 e. The van der Waals surface area contributed by atoms with E-state index in [1.54, 1.807) is 34.5 Å². The van der Waals surface area contributed by atoms with Crippen molar-refractivity contribution in [3.05, 3.63) is 61.0 Å². The van der Waals surface area contributed by atoms with Gasteiger partial charge in [-0.25, -0.2) is 14.8 Å². The zero-order chi connectivity index (χ0) is 19.1. The molecule has 0 aliphatic heterocycles. The largest absolute Gasteiger partial charge is 0.337 e. The van der Waals surface area contributed by atoms with Gasteiger partial charge in [-0.15, -0.1) is 0 Å². The first-order valence-corrected chi connectivity index (χ1v) is 8.87. The average molecular weight is 368 g/mol. The zero-order valence-corrected chi connectivity index (χ0v) is 15.6. The lowest BCUT2D eigenvalue weighted by molar-refractivity contribution is 0.189. The lowest BCUT2D eigenvalue weighted by Gasteiger charge is -2.25. The van der Waals surface area contributed by atoms with E-state index < -0.39 is 0 Å². The molecular formula is C18H24N8O. The molecule has 0 aliphatic carbocycles. The summed E-state index contributed by atoms with van der Waals surface area (Å²) in [5.74, 6) is 0.714. The van der Waals surface area contributed by atoms with Gasteiger partial charge in [0.05, 0.1) is 12.4 Å². The Labute approximate surface area is 158 Å². The number of hydrogen-bond acceptors (Lipinski definition) is 5. The summed E-state index contributed by atoms with van der Waals surface area (Å²) in [7, 11) is 1.81. The maximum atomic E-state index is 12.9. The number of carbonyl (C=O) groups is 1. The Morgan fingerprint density at radius 3 is 2.74 bits per heavy atom. The van der Waals surface area contributed by atoms with E-state index in [4.69, 9.17) is 0 Å². The molecule has 0 bridgehead atoms. The highest BCUT2D eigenvalue weighted by Crippen LogP contribution is 2.10. The lowest BCUT2D eigenvalue weighted by Crippen LogP contribution is -2.42. The summed E-state index contributed by atoms with van der Waals surface area (Å²) in [5.41, 5.74) is 1.04. The number of nitrogens with zero attached hydrogens (tertiary/aromatic N) is 7. The average Bonchev–Trinajstić information content (AvgIpc) is 3.33. The summed E-state index contributed by atoms with van der Waals surface area (Å²) in [6, 6.07) is 3.47. The van der Waals surface area contributed by atoms with Gasteiger partial charge < -0.3 is 14.8 Å². The van der Waals surface area contributed by atoms with Crippen LogP contribution >= 0.6 is 0 Å². The van der Waals surface area contributed by atoms with E-state index in [1.165, 1.54) is 6.33 Å². The molecule has 0 spiro atoms. The quantitative estimate of drug-likeness (QED) is 0.654. The fourth-order valence-electron chi connectivity index (χ4n) is 2.86. The smallest absolute Gasteiger partial charge is 0.318 e. The Morgan fingerprint density at radius 1 is 1.26 bits per heavy atom. The SMILES string of the molecule is C[C@H](NC(=O)N(CCCn1ccnc1)Cc1ccncc1)c1ncnn1C. The Kier molecular flexibility index (Phi) is 6.14. The second-order valence-electron chi connectivity index (χ2n) is 6.34. The number of carbonyl (C=O) groups excluding carboxylic acids is 1. The van der Waals surface area contributed by atoms with E-state index in [9.17, 15) is 4.79 Å². The van der Waals surface area contributed by atoms with Crippen LogP contribution in [0.25, 0.3) is 0 Å². The van der Waals surface area contributed by atoms with Gasteiger partial charge in [0, 0.05) is 51.5 Å². The number of aryl methyl sites for hydroxylation is 2. The fraction of sp³-hybridized carbons (Fsp3) is 0.389. The van der Waals surface area contributed by atoms with Gasteiger partial charge in [-0.1, -0.05) is 0 Å². The van der Waals surface area contributed by atoms with Gasteiger partial charge in [0.15, 0.2) is 0 Å². The lowest BCUT2D eigenvalue weighted by atomic mass is 10.2. The Morgan fingerprint density at radius 2 is 2.07 bits per heavy atom. The molecule has 1 N–H and O–H groups in total. The molecule has 2 amide bonds. The molecule has 27 heavy (non-hydrogen) atoms. The molecular weight excluding hydrogens is 344 g/mol. The van der Waals surface area contributed by atoms with Crippen molar-refractivity contribution in [2.24, 2.45) is 7.05 Å². The summed E-state index contributed by atoms with van der Waals surface area (Å²) >= 11 is 0. The summed E-state index contributed by atoms with van der Waals surface area (Å²) in [6.07, 6.45) is 11.2. The van der Waals surface area contributed by atoms with Crippen LogP contribution in [0.5, 0.6) is 0 Å². The zero-order valence-electron chi connectivity index (χ0n) is 15.6. The highest BCUT2D eigenvalue weighted by Gasteiger charge is 2.19. The number of amides is 2. The number of hydrogen-bond donors (Lipinski definition) is 1. The van der Waals surface area contributed by atoms with Crippen LogP contribution in [0.2, 0.25) is 0 Å². The van der Waals surface area contributed by atoms with Gasteiger partial charge >= 0.3 is 6.03 Å². The minimum atomic E-state index is -0.237. The van der Waals surface area contributed by atoms with Crippen molar-refractivity contribution in [2.75, 3.05) is 6.54 Å². The Bertz CT molecular complexity index is 830. The predicted octanol–water partition coefficient (Wildman–Crippen LogP) is 1.77. The molecule has 142 valence electrons. The molecule has 0 saturated carbocycles. The number of pyridine rings is 1. The standard InChI is InChI=1S/C18H24N8O/c1-15(17-21-13-22-24(17)2)23-18(27)26(12-16-4-6-19-7-5-16)10-3-9-25-11-8-20-14-25/h4-8,11,13-15H,3,9-10,12H2,1-2H3,(H,23,27)/t15-/m0/s1. The number of rotatable bonds is 8. The van der Waals surface area contributed by atoms with Crippen LogP contribution in [0.4, 0.5) is 4.79 Å². The van der Waals surface area contributed by atoms with Crippen LogP contribution in [0.1, 0.15) is 30.8 Å². The van der Waals surface area contributed by atoms with E-state index in [0.717, 1.165) is 18.5 Å². The van der Waals surface area contributed by atoms with Crippen molar-refractivity contribution in [1.29, 1.82) is 0 Å². The third-order valence-electron chi connectivity index (χ3n) is 4.29. The van der Waals surface area contributed by atoms with E-state index in [0.29, 0.717) is 18.9 Å². The second-order valence-corrected chi connectivity index (χ2v) is 6.34. The molecule has 3 aromatic rings. The molecule has 0 unspecified atom stereocenters. The Balaban J connectivity index is 1.63. The Hall–Kier alpha value is -3.23. The number of nitrogens with one attached hydrogen (secondary N) is 1. The van der Waals surface area contributed by atoms with E-state index in [2.05, 4.69) is 25.4 Å². The van der Waals surface area contributed by atoms with Crippen molar-refractivity contribution in [3.8, 4) is 0 Å². The van der Waals surface area contributed by atoms with Gasteiger partial charge in [0.1, 0.15) is 12.2 Å². The van der Waals surface area contributed by atoms with Gasteiger partial charge in [-0.05, 0) is 31.0 Å². The first-order chi connectivity index (χ1) is 13.1. The molecule has 1 atom stereocenters. The highest BCUT2D eigenvalue weighted by atomic mass is 16.2. The number of urea groups is 1. The first kappa shape index (κ1) is 18.6. The topological polar surface area (TPSA) is 93.8 Å². The van der Waals surface area contributed by atoms with Gasteiger partial charge in [-0.3, -0.25) is 9.67 Å². The van der Waals surface area contributed by atoms with Gasteiger partial charge in [0.25, 0.3) is 0 Å². The molecule has 3 rings (SSSR count). The van der Waals surface area contributed by atoms with Crippen LogP contribution in [-0.2, 0) is 20.1 Å². The summed E-state index contributed by atoms with van der Waals surface area (Å²) in [5, 5.41) is 7.08. The van der Waals surface area contributed by atoms with E-state index >= 15 is 0 Å². The first-order valence-electron chi connectivity index (χ1n) is 8.87. The summed E-state index contributed by atoms with van der Waals surface area (Å²) in [4.78, 5) is 27.0. The minimum absolute atomic E-state index is 0.132. The fourth-order valence-corrected chi connectivity index (χ4v) is 2.86. The summed E-state index contributed by atoms with van der Waals surface area (Å²) in [6.45, 7) is 3.85. The maximum absolute atomic E-state index is 12.9. The number of aromatic nitrogens is 6. The van der Waals surface area contributed by atoms with Crippen molar-refractivity contribution >= 4 is 6.03 Å². The highest BCUT2D eigenvalue weighted by molar-refractivity contribution is 5.74. The predicted molar refractivity (Wildman–Crippen MR) is 99.4 cm³/mol. The molecule has 0 saturated heterocycles.